The highest BCUT2D eigenvalue weighted by molar-refractivity contribution is 8.00. The molecule has 1 aliphatic rings. The molecule has 1 aromatic carbocycles. The first kappa shape index (κ1) is 14.9. The van der Waals surface area contributed by atoms with Crippen molar-refractivity contribution < 1.29 is 4.79 Å². The van der Waals surface area contributed by atoms with Crippen molar-refractivity contribution in [1.29, 1.82) is 0 Å². The number of aromatic nitrogens is 4. The van der Waals surface area contributed by atoms with Crippen molar-refractivity contribution in [2.24, 2.45) is 0 Å². The minimum absolute atomic E-state index is 0.00215. The molecule has 7 heteroatoms. The molecule has 3 heterocycles. The number of benzene rings is 1. The number of carbonyl (C=O) groups excluding carboxylic acids is 1. The Labute approximate surface area is 143 Å². The third-order valence-corrected chi connectivity index (χ3v) is 5.02. The maximum atomic E-state index is 12.5. The fourth-order valence-electron chi connectivity index (χ4n) is 2.66. The fourth-order valence-corrected chi connectivity index (χ4v) is 3.56. The third-order valence-electron chi connectivity index (χ3n) is 3.89. The Balaban J connectivity index is 1.50. The first-order valence-corrected chi connectivity index (χ1v) is 8.56. The van der Waals surface area contributed by atoms with Crippen LogP contribution in [0.25, 0.3) is 11.4 Å². The Hall–Kier alpha value is -2.67. The number of rotatable bonds is 3. The van der Waals surface area contributed by atoms with Crippen molar-refractivity contribution in [3.8, 4) is 11.4 Å². The van der Waals surface area contributed by atoms with Gasteiger partial charge in [-0.3, -0.25) is 14.9 Å². The van der Waals surface area contributed by atoms with E-state index < -0.39 is 0 Å². The standard InChI is InChI=1S/C17H15N5OS/c23-16-14(8-7-11-4-1-2-6-13(11)19-16)24-17-20-15(21-22-17)12-5-3-9-18-10-12/h1-6,9-10,14H,7-8H2,(H,19,23)(H,20,21,22)/t14-/m0/s1. The van der Waals surface area contributed by atoms with E-state index in [4.69, 9.17) is 0 Å². The van der Waals surface area contributed by atoms with Gasteiger partial charge < -0.3 is 5.32 Å². The number of fused-ring (bicyclic) bond motifs is 1. The van der Waals surface area contributed by atoms with Crippen molar-refractivity contribution in [2.45, 2.75) is 23.2 Å². The summed E-state index contributed by atoms with van der Waals surface area (Å²) in [5.74, 6) is 0.653. The van der Waals surface area contributed by atoms with Crippen molar-refractivity contribution in [2.75, 3.05) is 5.32 Å². The number of hydrogen-bond acceptors (Lipinski definition) is 5. The van der Waals surface area contributed by atoms with E-state index in [9.17, 15) is 4.79 Å². The van der Waals surface area contributed by atoms with Gasteiger partial charge in [-0.2, -0.15) is 0 Å². The minimum atomic E-state index is -0.213. The summed E-state index contributed by atoms with van der Waals surface area (Å²) in [5.41, 5.74) is 2.94. The van der Waals surface area contributed by atoms with Gasteiger partial charge in [0.25, 0.3) is 0 Å². The van der Waals surface area contributed by atoms with E-state index in [2.05, 4.69) is 31.5 Å². The Morgan fingerprint density at radius 3 is 2.96 bits per heavy atom. The number of aryl methyl sites for hydroxylation is 1. The predicted molar refractivity (Wildman–Crippen MR) is 92.7 cm³/mol. The fraction of sp³-hybridized carbons (Fsp3) is 0.176. The van der Waals surface area contributed by atoms with Crippen LogP contribution in [0.1, 0.15) is 12.0 Å². The van der Waals surface area contributed by atoms with Crippen LogP contribution in [-0.4, -0.2) is 31.3 Å². The molecule has 1 aliphatic heterocycles. The lowest BCUT2D eigenvalue weighted by Crippen LogP contribution is -2.23. The van der Waals surface area contributed by atoms with Gasteiger partial charge in [0.05, 0.1) is 5.25 Å². The molecule has 0 saturated carbocycles. The topological polar surface area (TPSA) is 83.6 Å². The number of aromatic amines is 1. The molecule has 24 heavy (non-hydrogen) atoms. The summed E-state index contributed by atoms with van der Waals surface area (Å²) in [4.78, 5) is 21.0. The summed E-state index contributed by atoms with van der Waals surface area (Å²) in [7, 11) is 0. The van der Waals surface area contributed by atoms with Gasteiger partial charge >= 0.3 is 0 Å². The number of nitrogens with one attached hydrogen (secondary N) is 2. The van der Waals surface area contributed by atoms with Crippen LogP contribution in [0.15, 0.2) is 53.9 Å². The first-order valence-electron chi connectivity index (χ1n) is 7.68. The summed E-state index contributed by atoms with van der Waals surface area (Å²) < 4.78 is 0. The average Bonchev–Trinajstić information content (AvgIpc) is 3.02. The number of pyridine rings is 1. The molecule has 0 radical (unpaired) electrons. The van der Waals surface area contributed by atoms with E-state index in [1.54, 1.807) is 12.4 Å². The van der Waals surface area contributed by atoms with Crippen molar-refractivity contribution >= 4 is 23.4 Å². The van der Waals surface area contributed by atoms with Gasteiger partial charge in [-0.05, 0) is 36.6 Å². The predicted octanol–water partition coefficient (Wildman–Crippen LogP) is 2.91. The number of thioether (sulfide) groups is 1. The molecule has 0 unspecified atom stereocenters. The number of anilines is 1. The molecule has 1 amide bonds. The number of para-hydroxylation sites is 1. The molecule has 6 nitrogen and oxygen atoms in total. The van der Waals surface area contributed by atoms with Gasteiger partial charge in [-0.15, -0.1) is 5.10 Å². The largest absolute Gasteiger partial charge is 0.325 e. The number of hydrogen-bond donors (Lipinski definition) is 2. The zero-order valence-corrected chi connectivity index (χ0v) is 13.6. The molecule has 2 aromatic heterocycles. The van der Waals surface area contributed by atoms with E-state index in [0.29, 0.717) is 11.0 Å². The number of nitrogens with zero attached hydrogens (tertiary/aromatic N) is 3. The van der Waals surface area contributed by atoms with Crippen LogP contribution in [-0.2, 0) is 11.2 Å². The summed E-state index contributed by atoms with van der Waals surface area (Å²) in [6.07, 6.45) is 5.05. The van der Waals surface area contributed by atoms with E-state index in [-0.39, 0.29) is 11.2 Å². The summed E-state index contributed by atoms with van der Waals surface area (Å²) in [5, 5.41) is 10.5. The molecule has 0 aliphatic carbocycles. The monoisotopic (exact) mass is 337 g/mol. The number of amides is 1. The molecule has 1 atom stereocenters. The van der Waals surface area contributed by atoms with E-state index in [1.165, 1.54) is 17.3 Å². The molecule has 0 saturated heterocycles. The van der Waals surface area contributed by atoms with Crippen LogP contribution in [0.3, 0.4) is 0 Å². The van der Waals surface area contributed by atoms with Crippen LogP contribution >= 0.6 is 11.8 Å². The van der Waals surface area contributed by atoms with Gasteiger partial charge in [0.2, 0.25) is 11.1 Å². The van der Waals surface area contributed by atoms with Crippen LogP contribution in [0.2, 0.25) is 0 Å². The minimum Gasteiger partial charge on any atom is -0.325 e. The van der Waals surface area contributed by atoms with E-state index >= 15 is 0 Å². The number of carbonyl (C=O) groups is 1. The smallest absolute Gasteiger partial charge is 0.237 e. The quantitative estimate of drug-likeness (QED) is 0.768. The third kappa shape index (κ3) is 3.03. The second kappa shape index (κ2) is 6.45. The molecule has 0 fully saturated rings. The van der Waals surface area contributed by atoms with Gasteiger partial charge in [0.1, 0.15) is 0 Å². The molecule has 0 spiro atoms. The maximum absolute atomic E-state index is 12.5. The van der Waals surface area contributed by atoms with Crippen LogP contribution < -0.4 is 5.32 Å². The highest BCUT2D eigenvalue weighted by Gasteiger charge is 2.26. The second-order valence-electron chi connectivity index (χ2n) is 5.50. The highest BCUT2D eigenvalue weighted by atomic mass is 32.2. The van der Waals surface area contributed by atoms with Crippen molar-refractivity contribution in [1.82, 2.24) is 20.2 Å². The Bertz CT molecular complexity index is 864. The second-order valence-corrected chi connectivity index (χ2v) is 6.67. The Morgan fingerprint density at radius 2 is 2.08 bits per heavy atom. The van der Waals surface area contributed by atoms with Gasteiger partial charge in [-0.1, -0.05) is 30.0 Å². The highest BCUT2D eigenvalue weighted by Crippen LogP contribution is 2.30. The summed E-state index contributed by atoms with van der Waals surface area (Å²) in [6, 6.07) is 11.7. The van der Waals surface area contributed by atoms with Gasteiger partial charge in [0, 0.05) is 23.6 Å². The Kier molecular flexibility index (Phi) is 4.00. The molecule has 2 N–H and O–H groups in total. The molecule has 0 bridgehead atoms. The van der Waals surface area contributed by atoms with Gasteiger partial charge in [-0.25, -0.2) is 4.98 Å². The van der Waals surface area contributed by atoms with E-state index in [0.717, 1.165) is 24.1 Å². The lowest BCUT2D eigenvalue weighted by molar-refractivity contribution is -0.115. The summed E-state index contributed by atoms with van der Waals surface area (Å²) in [6.45, 7) is 0. The zero-order valence-electron chi connectivity index (χ0n) is 12.8. The average molecular weight is 337 g/mol. The van der Waals surface area contributed by atoms with Crippen LogP contribution in [0.4, 0.5) is 5.69 Å². The number of H-pyrrole nitrogens is 1. The van der Waals surface area contributed by atoms with Crippen molar-refractivity contribution in [3.63, 3.8) is 0 Å². The molecular formula is C17H15N5OS. The molecular weight excluding hydrogens is 322 g/mol. The first-order chi connectivity index (χ1) is 11.8. The summed E-state index contributed by atoms with van der Waals surface area (Å²) >= 11 is 1.39. The molecule has 120 valence electrons. The van der Waals surface area contributed by atoms with Crippen LogP contribution in [0.5, 0.6) is 0 Å². The Morgan fingerprint density at radius 1 is 1.17 bits per heavy atom. The molecule has 3 aromatic rings. The van der Waals surface area contributed by atoms with Crippen molar-refractivity contribution in [3.05, 3.63) is 54.4 Å². The zero-order chi connectivity index (χ0) is 16.4. The normalized spacial score (nSPS) is 17.0. The molecule has 4 rings (SSSR count). The van der Waals surface area contributed by atoms with E-state index in [1.807, 2.05) is 30.3 Å². The van der Waals surface area contributed by atoms with Gasteiger partial charge in [0.15, 0.2) is 5.82 Å². The maximum Gasteiger partial charge on any atom is 0.237 e. The lowest BCUT2D eigenvalue weighted by Gasteiger charge is -2.10. The van der Waals surface area contributed by atoms with Crippen LogP contribution in [0, 0.1) is 0 Å². The SMILES string of the molecule is O=C1Nc2ccccc2CC[C@@H]1Sc1n[nH]c(-c2cccnc2)n1. The lowest BCUT2D eigenvalue weighted by atomic mass is 10.1.